The Balaban J connectivity index is 2.55. The number of Topliss-reactive ketones (excluding diaryl/α,β-unsaturated/α-hetero) is 1. The number of ether oxygens (including phenoxy) is 1. The van der Waals surface area contributed by atoms with E-state index in [0.717, 1.165) is 52.0 Å². The number of carbonyl (C=O) groups excluding carboxylic acids is 1. The molecule has 0 N–H and O–H groups in total. The predicted molar refractivity (Wildman–Crippen MR) is 70.2 cm³/mol. The van der Waals surface area contributed by atoms with E-state index in [0.29, 0.717) is 5.78 Å². The van der Waals surface area contributed by atoms with Gasteiger partial charge in [-0.2, -0.15) is 0 Å². The molecule has 0 aliphatic carbocycles. The molecule has 0 saturated carbocycles. The fourth-order valence-corrected chi connectivity index (χ4v) is 2.46. The lowest BCUT2D eigenvalue weighted by Gasteiger charge is -2.41. The van der Waals surface area contributed by atoms with Gasteiger partial charge in [-0.25, -0.2) is 0 Å². The van der Waals surface area contributed by atoms with Crippen molar-refractivity contribution in [3.63, 3.8) is 0 Å². The summed E-state index contributed by atoms with van der Waals surface area (Å²) in [6.45, 7) is 9.70. The van der Waals surface area contributed by atoms with Crippen LogP contribution in [-0.2, 0) is 9.53 Å². The number of hydrogen-bond donors (Lipinski definition) is 0. The maximum Gasteiger partial charge on any atom is 0.152 e. The summed E-state index contributed by atoms with van der Waals surface area (Å²) in [7, 11) is 0. The number of unbranched alkanes of at least 4 members (excludes halogenated alkanes) is 2. The van der Waals surface area contributed by atoms with Gasteiger partial charge in [-0.15, -0.1) is 0 Å². The molecular weight excluding hydrogens is 214 g/mol. The van der Waals surface area contributed by atoms with Crippen LogP contribution in [0.3, 0.4) is 0 Å². The van der Waals surface area contributed by atoms with Crippen molar-refractivity contribution < 1.29 is 9.53 Å². The van der Waals surface area contributed by atoms with Crippen molar-refractivity contribution in [3.05, 3.63) is 0 Å². The van der Waals surface area contributed by atoms with Gasteiger partial charge in [0.15, 0.2) is 5.78 Å². The van der Waals surface area contributed by atoms with Gasteiger partial charge in [-0.05, 0) is 19.8 Å². The summed E-state index contributed by atoms with van der Waals surface area (Å²) in [4.78, 5) is 14.7. The summed E-state index contributed by atoms with van der Waals surface area (Å²) >= 11 is 0. The molecule has 100 valence electrons. The van der Waals surface area contributed by atoms with Gasteiger partial charge in [-0.1, -0.05) is 26.7 Å². The lowest BCUT2D eigenvalue weighted by molar-refractivity contribution is -0.134. The van der Waals surface area contributed by atoms with E-state index in [4.69, 9.17) is 4.74 Å². The third-order valence-electron chi connectivity index (χ3n) is 4.01. The highest BCUT2D eigenvalue weighted by atomic mass is 16.5. The highest BCUT2D eigenvalue weighted by Gasteiger charge is 2.37. The molecule has 3 heteroatoms. The summed E-state index contributed by atoms with van der Waals surface area (Å²) in [6, 6.07) is 0. The first-order chi connectivity index (χ1) is 8.15. The summed E-state index contributed by atoms with van der Waals surface area (Å²) in [5.74, 6) is 0.412. The molecule has 1 unspecified atom stereocenters. The average Bonchev–Trinajstić information content (AvgIpc) is 2.39. The van der Waals surface area contributed by atoms with Crippen molar-refractivity contribution in [1.29, 1.82) is 0 Å². The summed E-state index contributed by atoms with van der Waals surface area (Å²) < 4.78 is 5.36. The number of hydrogen-bond acceptors (Lipinski definition) is 3. The second kappa shape index (κ2) is 7.12. The summed E-state index contributed by atoms with van der Waals surface area (Å²) in [6.07, 6.45) is 5.01. The smallest absolute Gasteiger partial charge is 0.152 e. The molecule has 1 rings (SSSR count). The van der Waals surface area contributed by atoms with E-state index in [2.05, 4.69) is 25.7 Å². The van der Waals surface area contributed by atoms with Gasteiger partial charge in [0, 0.05) is 19.5 Å². The van der Waals surface area contributed by atoms with Crippen molar-refractivity contribution in [2.75, 3.05) is 26.3 Å². The van der Waals surface area contributed by atoms with Crippen molar-refractivity contribution >= 4 is 5.78 Å². The Morgan fingerprint density at radius 2 is 1.88 bits per heavy atom. The molecule has 1 aliphatic heterocycles. The van der Waals surface area contributed by atoms with Gasteiger partial charge >= 0.3 is 0 Å². The molecule has 1 saturated heterocycles. The van der Waals surface area contributed by atoms with Crippen LogP contribution in [0, 0.1) is 0 Å². The van der Waals surface area contributed by atoms with Crippen molar-refractivity contribution in [2.24, 2.45) is 0 Å². The Labute approximate surface area is 106 Å². The zero-order chi connectivity index (χ0) is 12.7. The first-order valence-electron chi connectivity index (χ1n) is 7.01. The minimum Gasteiger partial charge on any atom is -0.379 e. The molecule has 0 bridgehead atoms. The molecule has 1 aliphatic rings. The Bertz CT molecular complexity index is 236. The van der Waals surface area contributed by atoms with Gasteiger partial charge in [0.05, 0.1) is 18.8 Å². The normalized spacial score (nSPS) is 21.1. The highest BCUT2D eigenvalue weighted by molar-refractivity contribution is 5.87. The number of carbonyl (C=O) groups is 1. The van der Waals surface area contributed by atoms with E-state index in [-0.39, 0.29) is 5.54 Å². The molecule has 1 heterocycles. The van der Waals surface area contributed by atoms with Gasteiger partial charge in [0.2, 0.25) is 0 Å². The molecule has 0 aromatic carbocycles. The minimum absolute atomic E-state index is 0.266. The SMILES string of the molecule is CCCCCC(=O)C(C)(CC)N1CCOCC1. The van der Waals surface area contributed by atoms with Crippen molar-refractivity contribution in [2.45, 2.75) is 58.4 Å². The molecule has 0 amide bonds. The fraction of sp³-hybridized carbons (Fsp3) is 0.929. The second-order valence-electron chi connectivity index (χ2n) is 5.11. The minimum atomic E-state index is -0.266. The van der Waals surface area contributed by atoms with E-state index >= 15 is 0 Å². The van der Waals surface area contributed by atoms with E-state index in [1.54, 1.807) is 0 Å². The largest absolute Gasteiger partial charge is 0.379 e. The topological polar surface area (TPSA) is 29.5 Å². The van der Waals surface area contributed by atoms with E-state index in [1.165, 1.54) is 6.42 Å². The van der Waals surface area contributed by atoms with Crippen LogP contribution >= 0.6 is 0 Å². The van der Waals surface area contributed by atoms with Crippen LogP contribution in [0.15, 0.2) is 0 Å². The van der Waals surface area contributed by atoms with E-state index in [1.807, 2.05) is 0 Å². The van der Waals surface area contributed by atoms with E-state index in [9.17, 15) is 4.79 Å². The van der Waals surface area contributed by atoms with Crippen LogP contribution in [0.2, 0.25) is 0 Å². The average molecular weight is 241 g/mol. The van der Waals surface area contributed by atoms with Crippen LogP contribution in [0.4, 0.5) is 0 Å². The van der Waals surface area contributed by atoms with Crippen LogP contribution in [-0.4, -0.2) is 42.5 Å². The number of morpholine rings is 1. The predicted octanol–water partition coefficient (Wildman–Crippen LogP) is 2.64. The summed E-state index contributed by atoms with van der Waals surface area (Å²) in [5.41, 5.74) is -0.266. The number of rotatable bonds is 7. The van der Waals surface area contributed by atoms with Crippen LogP contribution < -0.4 is 0 Å². The lowest BCUT2D eigenvalue weighted by Crippen LogP contribution is -2.56. The van der Waals surface area contributed by atoms with Crippen LogP contribution in [0.25, 0.3) is 0 Å². The molecule has 17 heavy (non-hydrogen) atoms. The monoisotopic (exact) mass is 241 g/mol. The zero-order valence-corrected chi connectivity index (χ0v) is 11.6. The summed E-state index contributed by atoms with van der Waals surface area (Å²) in [5, 5.41) is 0. The Morgan fingerprint density at radius 1 is 1.24 bits per heavy atom. The Kier molecular flexibility index (Phi) is 6.14. The quantitative estimate of drug-likeness (QED) is 0.642. The number of ketones is 1. The molecule has 3 nitrogen and oxygen atoms in total. The number of nitrogens with zero attached hydrogens (tertiary/aromatic N) is 1. The third kappa shape index (κ3) is 3.78. The molecule has 1 atom stereocenters. The van der Waals surface area contributed by atoms with Crippen molar-refractivity contribution in [3.8, 4) is 0 Å². The molecular formula is C14H27NO2. The standard InChI is InChI=1S/C14H27NO2/c1-4-6-7-8-13(16)14(3,5-2)15-9-11-17-12-10-15/h4-12H2,1-3H3. The molecule has 1 fully saturated rings. The maximum absolute atomic E-state index is 12.4. The first kappa shape index (κ1) is 14.7. The van der Waals surface area contributed by atoms with E-state index < -0.39 is 0 Å². The highest BCUT2D eigenvalue weighted by Crippen LogP contribution is 2.24. The van der Waals surface area contributed by atoms with Crippen molar-refractivity contribution in [1.82, 2.24) is 4.90 Å². The van der Waals surface area contributed by atoms with Gasteiger partial charge in [-0.3, -0.25) is 9.69 Å². The maximum atomic E-state index is 12.4. The third-order valence-corrected chi connectivity index (χ3v) is 4.01. The second-order valence-corrected chi connectivity index (χ2v) is 5.11. The molecule has 0 spiro atoms. The lowest BCUT2D eigenvalue weighted by atomic mass is 9.87. The van der Waals surface area contributed by atoms with Gasteiger partial charge in [0.1, 0.15) is 0 Å². The molecule has 0 aromatic heterocycles. The zero-order valence-electron chi connectivity index (χ0n) is 11.6. The molecule has 0 radical (unpaired) electrons. The van der Waals surface area contributed by atoms with Crippen LogP contribution in [0.1, 0.15) is 52.9 Å². The molecule has 0 aromatic rings. The van der Waals surface area contributed by atoms with Crippen LogP contribution in [0.5, 0.6) is 0 Å². The van der Waals surface area contributed by atoms with Gasteiger partial charge in [0.25, 0.3) is 0 Å². The Morgan fingerprint density at radius 3 is 2.41 bits per heavy atom. The first-order valence-corrected chi connectivity index (χ1v) is 7.01. The van der Waals surface area contributed by atoms with Gasteiger partial charge < -0.3 is 4.74 Å². The Hall–Kier alpha value is -0.410. The fourth-order valence-electron chi connectivity index (χ4n) is 2.46.